The Kier molecular flexibility index (Phi) is 4.54. The third-order valence-electron chi connectivity index (χ3n) is 3.75. The van der Waals surface area contributed by atoms with Crippen LogP contribution in [0, 0.1) is 31.1 Å². The molecule has 1 aliphatic carbocycles. The number of aryl methyl sites for hydroxylation is 2. The monoisotopic (exact) mass is 274 g/mol. The average Bonchev–Trinajstić information content (AvgIpc) is 3.21. The molecule has 1 unspecified atom stereocenters. The zero-order valence-corrected chi connectivity index (χ0v) is 12.8. The van der Waals surface area contributed by atoms with E-state index in [9.17, 15) is 5.26 Å². The van der Waals surface area contributed by atoms with Gasteiger partial charge in [-0.2, -0.15) is 5.26 Å². The van der Waals surface area contributed by atoms with Crippen LogP contribution in [0.3, 0.4) is 0 Å². The summed E-state index contributed by atoms with van der Waals surface area (Å²) < 4.78 is 0. The number of hydrogen-bond donors (Lipinski definition) is 1. The predicted molar refractivity (Wildman–Crippen MR) is 81.4 cm³/mol. The van der Waals surface area contributed by atoms with Crippen LogP contribution < -0.4 is 5.32 Å². The number of benzene rings is 1. The van der Waals surface area contributed by atoms with Crippen molar-refractivity contribution in [2.24, 2.45) is 5.92 Å². The van der Waals surface area contributed by atoms with Gasteiger partial charge >= 0.3 is 0 Å². The molecule has 1 saturated carbocycles. The first kappa shape index (κ1) is 14.4. The van der Waals surface area contributed by atoms with Crippen LogP contribution in [0.1, 0.15) is 30.9 Å². The van der Waals surface area contributed by atoms with Crippen molar-refractivity contribution in [3.63, 3.8) is 0 Å². The van der Waals surface area contributed by atoms with Gasteiger partial charge in [0, 0.05) is 10.6 Å². The molecule has 1 aromatic carbocycles. The first-order valence-electron chi connectivity index (χ1n) is 6.97. The first-order chi connectivity index (χ1) is 9.11. The second kappa shape index (κ2) is 5.98. The van der Waals surface area contributed by atoms with E-state index in [-0.39, 0.29) is 5.54 Å². The Labute approximate surface area is 120 Å². The summed E-state index contributed by atoms with van der Waals surface area (Å²) in [4.78, 5) is 1.30. The summed E-state index contributed by atoms with van der Waals surface area (Å²) >= 11 is 1.81. The van der Waals surface area contributed by atoms with Gasteiger partial charge in [-0.15, -0.1) is 11.8 Å². The summed E-state index contributed by atoms with van der Waals surface area (Å²) in [5, 5.41) is 13.0. The van der Waals surface area contributed by atoms with Crippen LogP contribution in [0.5, 0.6) is 0 Å². The minimum atomic E-state index is -0.337. The molecule has 0 saturated heterocycles. The van der Waals surface area contributed by atoms with E-state index in [1.165, 1.54) is 28.9 Å². The van der Waals surface area contributed by atoms with Crippen molar-refractivity contribution >= 4 is 11.8 Å². The van der Waals surface area contributed by atoms with Crippen molar-refractivity contribution in [1.29, 1.82) is 5.26 Å². The highest BCUT2D eigenvalue weighted by Crippen LogP contribution is 2.42. The molecule has 0 aliphatic heterocycles. The average molecular weight is 274 g/mol. The van der Waals surface area contributed by atoms with Crippen LogP contribution in [0.4, 0.5) is 0 Å². The largest absolute Gasteiger partial charge is 0.299 e. The maximum Gasteiger partial charge on any atom is 0.119 e. The van der Waals surface area contributed by atoms with Gasteiger partial charge in [-0.1, -0.05) is 24.6 Å². The summed E-state index contributed by atoms with van der Waals surface area (Å²) in [6.45, 7) is 7.20. The van der Waals surface area contributed by atoms with Gasteiger partial charge in [-0.25, -0.2) is 0 Å². The quantitative estimate of drug-likeness (QED) is 0.804. The van der Waals surface area contributed by atoms with Crippen molar-refractivity contribution in [2.45, 2.75) is 44.0 Å². The number of nitriles is 1. The summed E-state index contributed by atoms with van der Waals surface area (Å²) in [5.74, 6) is 1.38. The van der Waals surface area contributed by atoms with Crippen molar-refractivity contribution in [2.75, 3.05) is 12.3 Å². The van der Waals surface area contributed by atoms with Crippen LogP contribution >= 0.6 is 11.8 Å². The van der Waals surface area contributed by atoms with E-state index in [0.29, 0.717) is 5.92 Å². The van der Waals surface area contributed by atoms with Crippen molar-refractivity contribution in [3.8, 4) is 6.07 Å². The van der Waals surface area contributed by atoms with E-state index in [2.05, 4.69) is 50.4 Å². The van der Waals surface area contributed by atoms with E-state index in [0.717, 1.165) is 12.3 Å². The van der Waals surface area contributed by atoms with E-state index in [1.54, 1.807) is 0 Å². The van der Waals surface area contributed by atoms with Gasteiger partial charge in [0.15, 0.2) is 0 Å². The molecule has 0 spiro atoms. The predicted octanol–water partition coefficient (Wildman–Crippen LogP) is 3.68. The van der Waals surface area contributed by atoms with Crippen LogP contribution in [0.25, 0.3) is 0 Å². The molecule has 0 bridgehead atoms. The molecule has 2 rings (SSSR count). The van der Waals surface area contributed by atoms with E-state index in [1.807, 2.05) is 11.8 Å². The number of hydrogen-bond acceptors (Lipinski definition) is 3. The molecule has 19 heavy (non-hydrogen) atoms. The third-order valence-corrected chi connectivity index (χ3v) is 5.12. The lowest BCUT2D eigenvalue weighted by Gasteiger charge is -2.27. The molecule has 0 radical (unpaired) electrons. The smallest absolute Gasteiger partial charge is 0.119 e. The minimum absolute atomic E-state index is 0.337. The standard InChI is InChI=1S/C16H22N2S/c1-4-18-16(10-17,14-6-7-14)11-19-15-8-5-12(2)9-13(15)3/h5,8-9,14,18H,4,6-7,11H2,1-3H3. The van der Waals surface area contributed by atoms with Crippen molar-refractivity contribution < 1.29 is 0 Å². The van der Waals surface area contributed by atoms with Gasteiger partial charge in [-0.3, -0.25) is 5.32 Å². The van der Waals surface area contributed by atoms with Crippen LogP contribution in [-0.4, -0.2) is 17.8 Å². The second-order valence-corrected chi connectivity index (χ2v) is 6.46. The van der Waals surface area contributed by atoms with E-state index >= 15 is 0 Å². The van der Waals surface area contributed by atoms with E-state index < -0.39 is 0 Å². The fraction of sp³-hybridized carbons (Fsp3) is 0.562. The van der Waals surface area contributed by atoms with Crippen LogP contribution in [-0.2, 0) is 0 Å². The zero-order chi connectivity index (χ0) is 13.9. The van der Waals surface area contributed by atoms with E-state index in [4.69, 9.17) is 0 Å². The Balaban J connectivity index is 2.08. The molecular weight excluding hydrogens is 252 g/mol. The fourth-order valence-electron chi connectivity index (χ4n) is 2.52. The molecule has 0 heterocycles. The maximum absolute atomic E-state index is 9.58. The van der Waals surface area contributed by atoms with Crippen LogP contribution in [0.2, 0.25) is 0 Å². The van der Waals surface area contributed by atoms with Crippen LogP contribution in [0.15, 0.2) is 23.1 Å². The molecule has 3 heteroatoms. The second-order valence-electron chi connectivity index (χ2n) is 5.45. The Morgan fingerprint density at radius 2 is 2.16 bits per heavy atom. The number of nitrogens with one attached hydrogen (secondary N) is 1. The highest BCUT2D eigenvalue weighted by atomic mass is 32.2. The Hall–Kier alpha value is -0.980. The molecule has 1 aliphatic rings. The maximum atomic E-state index is 9.58. The van der Waals surface area contributed by atoms with Crippen molar-refractivity contribution in [3.05, 3.63) is 29.3 Å². The molecular formula is C16H22N2S. The van der Waals surface area contributed by atoms with Gasteiger partial charge in [-0.05, 0) is 50.8 Å². The Morgan fingerprint density at radius 3 is 2.68 bits per heavy atom. The molecule has 2 nitrogen and oxygen atoms in total. The third kappa shape index (κ3) is 3.32. The van der Waals surface area contributed by atoms with Gasteiger partial charge in [0.2, 0.25) is 0 Å². The summed E-state index contributed by atoms with van der Waals surface area (Å²) in [5.41, 5.74) is 2.27. The number of thioether (sulfide) groups is 1. The molecule has 0 aromatic heterocycles. The molecule has 1 atom stereocenters. The SMILES string of the molecule is CCNC(C#N)(CSc1ccc(C)cc1C)C1CC1. The fourth-order valence-corrected chi connectivity index (χ4v) is 3.76. The molecule has 1 aromatic rings. The molecule has 1 fully saturated rings. The summed E-state index contributed by atoms with van der Waals surface area (Å²) in [6.07, 6.45) is 2.38. The lowest BCUT2D eigenvalue weighted by molar-refractivity contribution is 0.416. The Bertz CT molecular complexity index is 488. The lowest BCUT2D eigenvalue weighted by atomic mass is 9.98. The normalized spacial score (nSPS) is 17.8. The lowest BCUT2D eigenvalue weighted by Crippen LogP contribution is -2.48. The van der Waals surface area contributed by atoms with Gasteiger partial charge in [0.1, 0.15) is 5.54 Å². The minimum Gasteiger partial charge on any atom is -0.299 e. The molecule has 1 N–H and O–H groups in total. The summed E-state index contributed by atoms with van der Waals surface area (Å²) in [6, 6.07) is 9.08. The molecule has 0 amide bonds. The highest BCUT2D eigenvalue weighted by molar-refractivity contribution is 7.99. The Morgan fingerprint density at radius 1 is 1.42 bits per heavy atom. The van der Waals surface area contributed by atoms with Gasteiger partial charge in [0.05, 0.1) is 6.07 Å². The molecule has 102 valence electrons. The van der Waals surface area contributed by atoms with Crippen molar-refractivity contribution in [1.82, 2.24) is 5.32 Å². The van der Waals surface area contributed by atoms with Gasteiger partial charge < -0.3 is 0 Å². The topological polar surface area (TPSA) is 35.8 Å². The van der Waals surface area contributed by atoms with Gasteiger partial charge in [0.25, 0.3) is 0 Å². The number of rotatable bonds is 6. The summed E-state index contributed by atoms with van der Waals surface area (Å²) in [7, 11) is 0. The first-order valence-corrected chi connectivity index (χ1v) is 7.96. The number of nitrogens with zero attached hydrogens (tertiary/aromatic N) is 1. The zero-order valence-electron chi connectivity index (χ0n) is 12.0. The highest BCUT2D eigenvalue weighted by Gasteiger charge is 2.45.